The molecule has 0 aliphatic carbocycles. The minimum absolute atomic E-state index is 0.124. The van der Waals surface area contributed by atoms with Crippen molar-refractivity contribution in [2.24, 2.45) is 0 Å². The van der Waals surface area contributed by atoms with Gasteiger partial charge in [-0.05, 0) is 19.8 Å². The van der Waals surface area contributed by atoms with Gasteiger partial charge in [0.15, 0.2) is 0 Å². The number of allylic oxidation sites excluding steroid dienone is 1. The molecule has 0 aromatic heterocycles. The van der Waals surface area contributed by atoms with Gasteiger partial charge in [-0.3, -0.25) is 4.79 Å². The van der Waals surface area contributed by atoms with E-state index in [2.05, 4.69) is 11.8 Å². The molecule has 0 atom stereocenters. The highest BCUT2D eigenvalue weighted by Crippen LogP contribution is 1.96. The fourth-order valence-electron chi connectivity index (χ4n) is 0.735. The van der Waals surface area contributed by atoms with Crippen molar-refractivity contribution in [1.82, 2.24) is 0 Å². The Morgan fingerprint density at radius 3 is 2.83 bits per heavy atom. The van der Waals surface area contributed by atoms with Crippen molar-refractivity contribution in [3.8, 4) is 11.8 Å². The van der Waals surface area contributed by atoms with Gasteiger partial charge in [0.2, 0.25) is 0 Å². The summed E-state index contributed by atoms with van der Waals surface area (Å²) in [4.78, 5) is 10.1. The Balaban J connectivity index is 3.22. The molecule has 2 nitrogen and oxygen atoms in total. The summed E-state index contributed by atoms with van der Waals surface area (Å²) < 4.78 is 0. The molecule has 2 heteroatoms. The van der Waals surface area contributed by atoms with Crippen molar-refractivity contribution < 1.29 is 9.90 Å². The first kappa shape index (κ1) is 10.8. The molecule has 0 saturated heterocycles. The van der Waals surface area contributed by atoms with Gasteiger partial charge in [-0.25, -0.2) is 0 Å². The maximum Gasteiger partial charge on any atom is 0.307 e. The van der Waals surface area contributed by atoms with Crippen molar-refractivity contribution in [1.29, 1.82) is 0 Å². The van der Waals surface area contributed by atoms with Crippen LogP contribution < -0.4 is 0 Å². The predicted octanol–water partition coefficient (Wildman–Crippen LogP) is 2.21. The molecular weight excluding hydrogens is 152 g/mol. The number of carboxylic acids is 1. The zero-order valence-electron chi connectivity index (χ0n) is 7.34. The van der Waals surface area contributed by atoms with Crippen molar-refractivity contribution in [2.45, 2.75) is 32.6 Å². The molecule has 0 unspecified atom stereocenters. The van der Waals surface area contributed by atoms with Gasteiger partial charge in [0.05, 0.1) is 6.42 Å². The highest BCUT2D eigenvalue weighted by molar-refractivity contribution is 5.68. The highest BCUT2D eigenvalue weighted by atomic mass is 16.4. The van der Waals surface area contributed by atoms with E-state index in [1.807, 2.05) is 13.0 Å². The van der Waals surface area contributed by atoms with E-state index in [0.29, 0.717) is 0 Å². The summed E-state index contributed by atoms with van der Waals surface area (Å²) >= 11 is 0. The van der Waals surface area contributed by atoms with Crippen LogP contribution in [-0.2, 0) is 4.79 Å². The van der Waals surface area contributed by atoms with Gasteiger partial charge < -0.3 is 5.11 Å². The third-order valence-electron chi connectivity index (χ3n) is 1.31. The molecular formula is C10H14O2. The van der Waals surface area contributed by atoms with E-state index in [9.17, 15) is 4.79 Å². The first-order valence-electron chi connectivity index (χ1n) is 4.03. The second-order valence-corrected chi connectivity index (χ2v) is 2.39. The van der Waals surface area contributed by atoms with E-state index in [1.54, 1.807) is 6.08 Å². The third-order valence-corrected chi connectivity index (χ3v) is 1.31. The van der Waals surface area contributed by atoms with Crippen LogP contribution in [0.15, 0.2) is 12.2 Å². The minimum atomic E-state index is -0.778. The number of hydrogen-bond donors (Lipinski definition) is 1. The second kappa shape index (κ2) is 7.87. The molecule has 0 aliphatic rings. The van der Waals surface area contributed by atoms with Gasteiger partial charge >= 0.3 is 5.97 Å². The van der Waals surface area contributed by atoms with Gasteiger partial charge in [-0.15, -0.1) is 11.8 Å². The van der Waals surface area contributed by atoms with Crippen molar-refractivity contribution >= 4 is 5.97 Å². The Morgan fingerprint density at radius 2 is 2.25 bits per heavy atom. The zero-order valence-corrected chi connectivity index (χ0v) is 7.34. The van der Waals surface area contributed by atoms with Gasteiger partial charge in [0, 0.05) is 6.42 Å². The van der Waals surface area contributed by atoms with E-state index in [0.717, 1.165) is 19.3 Å². The summed E-state index contributed by atoms with van der Waals surface area (Å²) in [5, 5.41) is 8.28. The van der Waals surface area contributed by atoms with E-state index in [1.165, 1.54) is 0 Å². The maximum absolute atomic E-state index is 10.1. The first-order chi connectivity index (χ1) is 5.77. The average Bonchev–Trinajstić information content (AvgIpc) is 2.02. The maximum atomic E-state index is 10.1. The monoisotopic (exact) mass is 166 g/mol. The molecule has 0 aromatic rings. The lowest BCUT2D eigenvalue weighted by molar-refractivity contribution is -0.136. The summed E-state index contributed by atoms with van der Waals surface area (Å²) in [6.45, 7) is 1.82. The van der Waals surface area contributed by atoms with Crippen LogP contribution in [0, 0.1) is 11.8 Å². The molecule has 1 N–H and O–H groups in total. The number of carboxylic acid groups (broad SMARTS) is 1. The molecule has 0 saturated carbocycles. The SMILES string of the molecule is CC#CCCC/C=C/CC(=O)O. The molecule has 0 bridgehead atoms. The van der Waals surface area contributed by atoms with Gasteiger partial charge in [0.25, 0.3) is 0 Å². The average molecular weight is 166 g/mol. The molecule has 0 radical (unpaired) electrons. The molecule has 0 aromatic carbocycles. The predicted molar refractivity (Wildman–Crippen MR) is 48.7 cm³/mol. The van der Waals surface area contributed by atoms with Gasteiger partial charge in [-0.1, -0.05) is 12.2 Å². The van der Waals surface area contributed by atoms with Crippen molar-refractivity contribution in [2.75, 3.05) is 0 Å². The summed E-state index contributed by atoms with van der Waals surface area (Å²) in [7, 11) is 0. The Morgan fingerprint density at radius 1 is 1.50 bits per heavy atom. The largest absolute Gasteiger partial charge is 0.481 e. The van der Waals surface area contributed by atoms with Crippen LogP contribution >= 0.6 is 0 Å². The molecule has 0 rings (SSSR count). The summed E-state index contributed by atoms with van der Waals surface area (Å²) in [6.07, 6.45) is 6.53. The fourth-order valence-corrected chi connectivity index (χ4v) is 0.735. The number of rotatable bonds is 5. The van der Waals surface area contributed by atoms with Gasteiger partial charge in [-0.2, -0.15) is 0 Å². The molecule has 12 heavy (non-hydrogen) atoms. The quantitative estimate of drug-likeness (QED) is 0.386. The van der Waals surface area contributed by atoms with Gasteiger partial charge in [0.1, 0.15) is 0 Å². The number of carbonyl (C=O) groups is 1. The third kappa shape index (κ3) is 8.77. The molecule has 0 amide bonds. The topological polar surface area (TPSA) is 37.3 Å². The van der Waals surface area contributed by atoms with E-state index in [-0.39, 0.29) is 6.42 Å². The molecule has 0 aliphatic heterocycles. The summed E-state index contributed by atoms with van der Waals surface area (Å²) in [5.74, 6) is 4.98. The van der Waals surface area contributed by atoms with E-state index in [4.69, 9.17) is 5.11 Å². The lowest BCUT2D eigenvalue weighted by Crippen LogP contribution is -1.89. The van der Waals surface area contributed by atoms with Crippen LogP contribution in [0.1, 0.15) is 32.6 Å². The Kier molecular flexibility index (Phi) is 7.07. The lowest BCUT2D eigenvalue weighted by atomic mass is 10.2. The fraction of sp³-hybridized carbons (Fsp3) is 0.500. The number of hydrogen-bond acceptors (Lipinski definition) is 1. The normalized spacial score (nSPS) is 9.42. The molecule has 0 heterocycles. The Hall–Kier alpha value is -1.23. The van der Waals surface area contributed by atoms with Crippen LogP contribution in [0.5, 0.6) is 0 Å². The lowest BCUT2D eigenvalue weighted by Gasteiger charge is -1.87. The minimum Gasteiger partial charge on any atom is -0.481 e. The second-order valence-electron chi connectivity index (χ2n) is 2.39. The first-order valence-corrected chi connectivity index (χ1v) is 4.03. The van der Waals surface area contributed by atoms with Crippen molar-refractivity contribution in [3.05, 3.63) is 12.2 Å². The van der Waals surface area contributed by atoms with Crippen LogP contribution in [0.2, 0.25) is 0 Å². The van der Waals surface area contributed by atoms with Crippen molar-refractivity contribution in [3.63, 3.8) is 0 Å². The highest BCUT2D eigenvalue weighted by Gasteiger charge is 1.88. The number of unbranched alkanes of at least 4 members (excludes halogenated alkanes) is 2. The standard InChI is InChI=1S/C10H14O2/c1-2-3-4-5-6-7-8-9-10(11)12/h7-8H,4-6,9H2,1H3,(H,11,12)/b8-7+. The smallest absolute Gasteiger partial charge is 0.307 e. The zero-order chi connectivity index (χ0) is 9.23. The van der Waals surface area contributed by atoms with Crippen LogP contribution in [0.4, 0.5) is 0 Å². The Bertz CT molecular complexity index is 206. The Labute approximate surface area is 73.3 Å². The molecule has 66 valence electrons. The van der Waals surface area contributed by atoms with E-state index < -0.39 is 5.97 Å². The summed E-state index contributed by atoms with van der Waals surface area (Å²) in [6, 6.07) is 0. The summed E-state index contributed by atoms with van der Waals surface area (Å²) in [5.41, 5.74) is 0. The molecule has 0 fully saturated rings. The van der Waals surface area contributed by atoms with Crippen LogP contribution in [0.3, 0.4) is 0 Å². The van der Waals surface area contributed by atoms with E-state index >= 15 is 0 Å². The molecule has 0 spiro atoms. The number of aliphatic carboxylic acids is 1. The van der Waals surface area contributed by atoms with Crippen LogP contribution in [0.25, 0.3) is 0 Å². The van der Waals surface area contributed by atoms with Crippen LogP contribution in [-0.4, -0.2) is 11.1 Å².